The van der Waals surface area contributed by atoms with E-state index in [1.165, 1.54) is 0 Å². The van der Waals surface area contributed by atoms with E-state index >= 15 is 0 Å². The van der Waals surface area contributed by atoms with Crippen LogP contribution >= 0.6 is 11.6 Å². The molecule has 1 aliphatic heterocycles. The van der Waals surface area contributed by atoms with Crippen molar-refractivity contribution in [3.8, 4) is 0 Å². The van der Waals surface area contributed by atoms with Crippen LogP contribution in [0.2, 0.25) is 5.02 Å². The zero-order valence-electron chi connectivity index (χ0n) is 17.0. The summed E-state index contributed by atoms with van der Waals surface area (Å²) >= 11 is 5.95. The Kier molecular flexibility index (Phi) is 6.69. The molecule has 8 heteroatoms. The molecular formula is C21H26ClN5O2. The van der Waals surface area contributed by atoms with E-state index in [1.54, 1.807) is 37.5 Å². The van der Waals surface area contributed by atoms with Gasteiger partial charge in [0.1, 0.15) is 12.1 Å². The zero-order valence-corrected chi connectivity index (χ0v) is 17.8. The minimum absolute atomic E-state index is 0.0208. The molecule has 0 saturated carbocycles. The molecule has 1 aromatic heterocycles. The summed E-state index contributed by atoms with van der Waals surface area (Å²) in [5.74, 6) is 0.893. The van der Waals surface area contributed by atoms with E-state index in [2.05, 4.69) is 9.97 Å². The lowest BCUT2D eigenvalue weighted by atomic mass is 10.0. The third kappa shape index (κ3) is 5.44. The van der Waals surface area contributed by atoms with E-state index in [0.717, 1.165) is 11.5 Å². The highest BCUT2D eigenvalue weighted by molar-refractivity contribution is 6.30. The molecule has 0 spiro atoms. The van der Waals surface area contributed by atoms with Crippen molar-refractivity contribution in [3.63, 3.8) is 0 Å². The Bertz CT molecular complexity index is 872. The third-order valence-electron chi connectivity index (χ3n) is 5.09. The number of aromatic nitrogens is 2. The normalized spacial score (nSPS) is 17.0. The Balaban J connectivity index is 1.80. The van der Waals surface area contributed by atoms with Crippen LogP contribution in [-0.4, -0.2) is 71.9 Å². The molecule has 29 heavy (non-hydrogen) atoms. The second kappa shape index (κ2) is 9.22. The van der Waals surface area contributed by atoms with Gasteiger partial charge < -0.3 is 14.7 Å². The van der Waals surface area contributed by atoms with Crippen molar-refractivity contribution >= 4 is 29.2 Å². The Morgan fingerprint density at radius 1 is 1.10 bits per heavy atom. The molecule has 0 N–H and O–H groups in total. The molecule has 1 aromatic carbocycles. The maximum atomic E-state index is 13.0. The smallest absolute Gasteiger partial charge is 0.253 e. The summed E-state index contributed by atoms with van der Waals surface area (Å²) in [6.45, 7) is 3.76. The van der Waals surface area contributed by atoms with Crippen molar-refractivity contribution in [3.05, 3.63) is 52.9 Å². The van der Waals surface area contributed by atoms with Crippen molar-refractivity contribution in [2.45, 2.75) is 13.3 Å². The summed E-state index contributed by atoms with van der Waals surface area (Å²) in [6.07, 6.45) is 2.22. The topological polar surface area (TPSA) is 69.6 Å². The number of nitrogens with zero attached hydrogens (tertiary/aromatic N) is 5. The number of anilines is 1. The molecule has 2 aromatic rings. The van der Waals surface area contributed by atoms with Crippen LogP contribution in [0.3, 0.4) is 0 Å². The lowest BCUT2D eigenvalue weighted by Gasteiger charge is -2.24. The predicted molar refractivity (Wildman–Crippen MR) is 113 cm³/mol. The van der Waals surface area contributed by atoms with E-state index < -0.39 is 0 Å². The molecule has 7 nitrogen and oxygen atoms in total. The van der Waals surface area contributed by atoms with Crippen molar-refractivity contribution < 1.29 is 9.59 Å². The Labute approximate surface area is 176 Å². The first kappa shape index (κ1) is 21.0. The zero-order chi connectivity index (χ0) is 21.0. The number of hydrogen-bond acceptors (Lipinski definition) is 5. The lowest BCUT2D eigenvalue weighted by Crippen LogP contribution is -2.36. The monoisotopic (exact) mass is 415 g/mol. The van der Waals surface area contributed by atoms with Crippen LogP contribution in [0.4, 0.5) is 5.82 Å². The average molecular weight is 416 g/mol. The molecule has 3 rings (SSSR count). The van der Waals surface area contributed by atoms with Crippen molar-refractivity contribution in [2.24, 2.45) is 5.92 Å². The highest BCUT2D eigenvalue weighted by Gasteiger charge is 2.28. The summed E-state index contributed by atoms with van der Waals surface area (Å²) in [6, 6.07) is 8.86. The Morgan fingerprint density at radius 3 is 2.41 bits per heavy atom. The van der Waals surface area contributed by atoms with Gasteiger partial charge in [0.25, 0.3) is 5.91 Å². The molecule has 0 radical (unpaired) electrons. The number of carbonyl (C=O) groups excluding carboxylic acids is 2. The SMILES string of the molecule is CC(=O)N1CCN(C(=O)c2ccc(Cl)cc2)C[C@@H](Cc2cc(N(C)C)ncn2)C1. The molecule has 0 unspecified atom stereocenters. The van der Waals surface area contributed by atoms with Gasteiger partial charge in [0.15, 0.2) is 0 Å². The number of hydrogen-bond donors (Lipinski definition) is 0. The summed E-state index contributed by atoms with van der Waals surface area (Å²) in [7, 11) is 3.86. The minimum Gasteiger partial charge on any atom is -0.363 e. The van der Waals surface area contributed by atoms with Crippen LogP contribution in [0.1, 0.15) is 23.0 Å². The maximum absolute atomic E-state index is 13.0. The minimum atomic E-state index is -0.0475. The van der Waals surface area contributed by atoms with Crippen molar-refractivity contribution in [2.75, 3.05) is 45.2 Å². The fraction of sp³-hybridized carbons (Fsp3) is 0.429. The van der Waals surface area contributed by atoms with Gasteiger partial charge in [-0.2, -0.15) is 0 Å². The van der Waals surface area contributed by atoms with Gasteiger partial charge >= 0.3 is 0 Å². The first-order valence-corrected chi connectivity index (χ1v) is 10.00. The summed E-state index contributed by atoms with van der Waals surface area (Å²) in [4.78, 5) is 39.3. The molecular weight excluding hydrogens is 390 g/mol. The molecule has 1 atom stereocenters. The number of carbonyl (C=O) groups is 2. The number of halogens is 1. The molecule has 1 aliphatic rings. The molecule has 1 fully saturated rings. The lowest BCUT2D eigenvalue weighted by molar-refractivity contribution is -0.129. The Morgan fingerprint density at radius 2 is 1.76 bits per heavy atom. The van der Waals surface area contributed by atoms with Gasteiger partial charge in [0.2, 0.25) is 5.91 Å². The molecule has 2 amide bonds. The second-order valence-electron chi connectivity index (χ2n) is 7.56. The number of amides is 2. The fourth-order valence-electron chi connectivity index (χ4n) is 3.52. The fourth-order valence-corrected chi connectivity index (χ4v) is 3.64. The second-order valence-corrected chi connectivity index (χ2v) is 7.99. The highest BCUT2D eigenvalue weighted by atomic mass is 35.5. The van der Waals surface area contributed by atoms with E-state index in [0.29, 0.717) is 43.2 Å². The van der Waals surface area contributed by atoms with Crippen molar-refractivity contribution in [1.82, 2.24) is 19.8 Å². The summed E-state index contributed by atoms with van der Waals surface area (Å²) in [5.41, 5.74) is 1.50. The predicted octanol–water partition coefficient (Wildman–Crippen LogP) is 2.36. The van der Waals surface area contributed by atoms with Gasteiger partial charge in [-0.1, -0.05) is 11.6 Å². The average Bonchev–Trinajstić information content (AvgIpc) is 2.91. The third-order valence-corrected chi connectivity index (χ3v) is 5.34. The van der Waals surface area contributed by atoms with Crippen LogP contribution < -0.4 is 4.90 Å². The van der Waals surface area contributed by atoms with Gasteiger partial charge in [-0.05, 0) is 36.6 Å². The van der Waals surface area contributed by atoms with Gasteiger partial charge in [-0.3, -0.25) is 9.59 Å². The number of rotatable bonds is 4. The highest BCUT2D eigenvalue weighted by Crippen LogP contribution is 2.19. The van der Waals surface area contributed by atoms with Gasteiger partial charge in [-0.25, -0.2) is 9.97 Å². The van der Waals surface area contributed by atoms with E-state index in [4.69, 9.17) is 11.6 Å². The standard InChI is InChI=1S/C21H26ClN5O2/c1-15(28)26-8-9-27(21(29)17-4-6-18(22)7-5-17)13-16(12-26)10-19-11-20(25(2)3)24-14-23-19/h4-7,11,14,16H,8-10,12-13H2,1-3H3/t16-/m0/s1. The molecule has 0 aliphatic carbocycles. The van der Waals surface area contributed by atoms with Gasteiger partial charge in [-0.15, -0.1) is 0 Å². The molecule has 154 valence electrons. The van der Waals surface area contributed by atoms with E-state index in [9.17, 15) is 9.59 Å². The first-order chi connectivity index (χ1) is 13.8. The van der Waals surface area contributed by atoms with Crippen LogP contribution in [0.15, 0.2) is 36.7 Å². The summed E-state index contributed by atoms with van der Waals surface area (Å²) in [5, 5.41) is 0.596. The van der Waals surface area contributed by atoms with Crippen molar-refractivity contribution in [1.29, 1.82) is 0 Å². The Hall–Kier alpha value is -2.67. The summed E-state index contributed by atoms with van der Waals surface area (Å²) < 4.78 is 0. The van der Waals surface area contributed by atoms with Gasteiger partial charge in [0, 0.05) is 69.5 Å². The van der Waals surface area contributed by atoms with Crippen LogP contribution in [0, 0.1) is 5.92 Å². The van der Waals surface area contributed by atoms with Crippen LogP contribution in [0.25, 0.3) is 0 Å². The first-order valence-electron chi connectivity index (χ1n) is 9.62. The maximum Gasteiger partial charge on any atom is 0.253 e. The van der Waals surface area contributed by atoms with Crippen LogP contribution in [0.5, 0.6) is 0 Å². The molecule has 2 heterocycles. The van der Waals surface area contributed by atoms with E-state index in [-0.39, 0.29) is 17.7 Å². The quantitative estimate of drug-likeness (QED) is 0.766. The van der Waals surface area contributed by atoms with E-state index in [1.807, 2.05) is 34.9 Å². The van der Waals surface area contributed by atoms with Gasteiger partial charge in [0.05, 0.1) is 0 Å². The largest absolute Gasteiger partial charge is 0.363 e. The number of benzene rings is 1. The molecule has 1 saturated heterocycles. The molecule has 0 bridgehead atoms. The van der Waals surface area contributed by atoms with Crippen LogP contribution in [-0.2, 0) is 11.2 Å².